The minimum atomic E-state index is -0.168. The highest BCUT2D eigenvalue weighted by molar-refractivity contribution is 5.85. The molecule has 1 N–H and O–H groups in total. The number of para-hydroxylation sites is 1. The lowest BCUT2D eigenvalue weighted by molar-refractivity contribution is 0.159. The van der Waals surface area contributed by atoms with Crippen LogP contribution in [0.2, 0.25) is 0 Å². The summed E-state index contributed by atoms with van der Waals surface area (Å²) in [5, 5.41) is 13.7. The molecule has 0 saturated heterocycles. The first-order valence-corrected chi connectivity index (χ1v) is 12.7. The maximum absolute atomic E-state index is 13.3. The summed E-state index contributed by atoms with van der Waals surface area (Å²) < 4.78 is 13.0. The third-order valence-electron chi connectivity index (χ3n) is 7.03. The van der Waals surface area contributed by atoms with E-state index in [1.54, 1.807) is 18.1 Å². The van der Waals surface area contributed by atoms with Gasteiger partial charge in [0, 0.05) is 29.6 Å². The number of nitrogens with zero attached hydrogens (tertiary/aromatic N) is 5. The molecule has 0 fully saturated rings. The van der Waals surface area contributed by atoms with Crippen LogP contribution >= 0.6 is 0 Å². The van der Waals surface area contributed by atoms with Crippen molar-refractivity contribution < 1.29 is 9.15 Å². The van der Waals surface area contributed by atoms with Crippen LogP contribution in [-0.4, -0.2) is 37.2 Å². The normalized spacial score (nSPS) is 12.3. The number of pyridine rings is 1. The molecule has 0 amide bonds. The van der Waals surface area contributed by atoms with Gasteiger partial charge in [-0.15, -0.1) is 5.10 Å². The number of methoxy groups -OCH3 is 1. The highest BCUT2D eigenvalue weighted by Crippen LogP contribution is 2.30. The van der Waals surface area contributed by atoms with Crippen LogP contribution in [0.25, 0.3) is 10.9 Å². The van der Waals surface area contributed by atoms with Gasteiger partial charge in [0.05, 0.1) is 24.9 Å². The first-order valence-electron chi connectivity index (χ1n) is 12.7. The second-order valence-corrected chi connectivity index (χ2v) is 9.53. The van der Waals surface area contributed by atoms with Crippen LogP contribution in [0.15, 0.2) is 70.1 Å². The molecule has 196 valence electrons. The second kappa shape index (κ2) is 11.0. The number of furan rings is 1. The number of aryl methyl sites for hydroxylation is 2. The Hall–Kier alpha value is -4.24. The van der Waals surface area contributed by atoms with Crippen LogP contribution in [-0.2, 0) is 19.6 Å². The number of fused-ring (bicyclic) bond motifs is 1. The van der Waals surface area contributed by atoms with E-state index in [2.05, 4.69) is 45.3 Å². The summed E-state index contributed by atoms with van der Waals surface area (Å²) in [6, 6.07) is 17.7. The zero-order valence-electron chi connectivity index (χ0n) is 22.1. The van der Waals surface area contributed by atoms with Gasteiger partial charge in [0.2, 0.25) is 0 Å². The number of aromatic amines is 1. The maximum atomic E-state index is 13.3. The van der Waals surface area contributed by atoms with E-state index >= 15 is 0 Å². The van der Waals surface area contributed by atoms with Crippen molar-refractivity contribution in [1.82, 2.24) is 30.1 Å². The number of ether oxygens (including phenoxy) is 1. The summed E-state index contributed by atoms with van der Waals surface area (Å²) in [6.07, 6.45) is 2.37. The van der Waals surface area contributed by atoms with Gasteiger partial charge < -0.3 is 14.1 Å². The van der Waals surface area contributed by atoms with E-state index < -0.39 is 0 Å². The summed E-state index contributed by atoms with van der Waals surface area (Å²) >= 11 is 0. The lowest BCUT2D eigenvalue weighted by Gasteiger charge is -2.30. The third-order valence-corrected chi connectivity index (χ3v) is 7.03. The quantitative estimate of drug-likeness (QED) is 0.283. The standard InChI is InChI=1S/C29H32N6O3/c1-5-25(28-31-32-33-35(28)18-23-10-8-14-38-23)34(16-21-9-6-7-11-26(21)37-4)17-22-15-24-19(2)12-13-20(3)27(24)30-29(22)36/h6-15,25H,5,16-18H2,1-4H3,(H,30,36). The molecule has 3 heterocycles. The van der Waals surface area contributed by atoms with E-state index in [4.69, 9.17) is 9.15 Å². The van der Waals surface area contributed by atoms with Crippen LogP contribution in [0.1, 0.15) is 53.2 Å². The Bertz CT molecular complexity index is 1590. The zero-order chi connectivity index (χ0) is 26.6. The lowest BCUT2D eigenvalue weighted by atomic mass is 10.0. The van der Waals surface area contributed by atoms with E-state index in [1.807, 2.05) is 55.5 Å². The first kappa shape index (κ1) is 25.4. The van der Waals surface area contributed by atoms with Crippen molar-refractivity contribution in [2.75, 3.05) is 7.11 Å². The number of tetrazole rings is 1. The third kappa shape index (κ3) is 5.10. The molecule has 3 aromatic heterocycles. The number of hydrogen-bond donors (Lipinski definition) is 1. The number of nitrogens with one attached hydrogen (secondary N) is 1. The molecule has 38 heavy (non-hydrogen) atoms. The summed E-state index contributed by atoms with van der Waals surface area (Å²) in [5.41, 5.74) is 4.65. The summed E-state index contributed by atoms with van der Waals surface area (Å²) in [4.78, 5) is 18.7. The van der Waals surface area contributed by atoms with Gasteiger partial charge >= 0.3 is 0 Å². The molecule has 5 rings (SSSR count). The summed E-state index contributed by atoms with van der Waals surface area (Å²) in [5.74, 6) is 2.27. The summed E-state index contributed by atoms with van der Waals surface area (Å²) in [7, 11) is 1.67. The Morgan fingerprint density at radius 2 is 1.84 bits per heavy atom. The second-order valence-electron chi connectivity index (χ2n) is 9.53. The van der Waals surface area contributed by atoms with Gasteiger partial charge in [0.15, 0.2) is 5.82 Å². The largest absolute Gasteiger partial charge is 0.496 e. The van der Waals surface area contributed by atoms with Gasteiger partial charge in [-0.3, -0.25) is 9.69 Å². The van der Waals surface area contributed by atoms with E-state index in [0.29, 0.717) is 31.0 Å². The molecule has 9 heteroatoms. The number of benzene rings is 2. The Balaban J connectivity index is 1.57. The molecule has 5 aromatic rings. The molecular weight excluding hydrogens is 480 g/mol. The van der Waals surface area contributed by atoms with Crippen LogP contribution in [0.3, 0.4) is 0 Å². The van der Waals surface area contributed by atoms with Gasteiger partial charge in [-0.1, -0.05) is 37.3 Å². The van der Waals surface area contributed by atoms with Gasteiger partial charge in [-0.25, -0.2) is 4.68 Å². The number of hydrogen-bond acceptors (Lipinski definition) is 7. The van der Waals surface area contributed by atoms with Crippen LogP contribution in [0.5, 0.6) is 5.75 Å². The fourth-order valence-corrected chi connectivity index (χ4v) is 5.00. The van der Waals surface area contributed by atoms with Crippen molar-refractivity contribution in [1.29, 1.82) is 0 Å². The van der Waals surface area contributed by atoms with E-state index in [1.165, 1.54) is 0 Å². The molecule has 0 aliphatic carbocycles. The summed E-state index contributed by atoms with van der Waals surface area (Å²) in [6.45, 7) is 7.54. The molecule has 0 aliphatic rings. The van der Waals surface area contributed by atoms with Crippen LogP contribution in [0.4, 0.5) is 0 Å². The SMILES string of the molecule is CCC(c1nnnn1Cc1ccco1)N(Cc1ccccc1OC)Cc1cc2c(C)ccc(C)c2[nH]c1=O. The topological polar surface area (TPSA) is 102 Å². The lowest BCUT2D eigenvalue weighted by Crippen LogP contribution is -2.32. The molecule has 0 spiro atoms. The fourth-order valence-electron chi connectivity index (χ4n) is 5.00. The molecule has 0 saturated carbocycles. The predicted molar refractivity (Wildman–Crippen MR) is 145 cm³/mol. The molecule has 1 atom stereocenters. The Kier molecular flexibility index (Phi) is 7.37. The molecule has 0 radical (unpaired) electrons. The zero-order valence-corrected chi connectivity index (χ0v) is 22.1. The van der Waals surface area contributed by atoms with Crippen molar-refractivity contribution in [3.8, 4) is 5.75 Å². The van der Waals surface area contributed by atoms with Crippen molar-refractivity contribution in [2.45, 2.75) is 52.9 Å². The fraction of sp³-hybridized carbons (Fsp3) is 0.310. The molecule has 0 bridgehead atoms. The van der Waals surface area contributed by atoms with Crippen LogP contribution in [0, 0.1) is 13.8 Å². The molecule has 1 unspecified atom stereocenters. The minimum Gasteiger partial charge on any atom is -0.496 e. The minimum absolute atomic E-state index is 0.0961. The molecule has 0 aliphatic heterocycles. The van der Waals surface area contributed by atoms with Crippen molar-refractivity contribution in [2.24, 2.45) is 0 Å². The highest BCUT2D eigenvalue weighted by atomic mass is 16.5. The Morgan fingerprint density at radius 1 is 1.05 bits per heavy atom. The van der Waals surface area contributed by atoms with Gasteiger partial charge in [-0.2, -0.15) is 0 Å². The predicted octanol–water partition coefficient (Wildman–Crippen LogP) is 4.93. The number of rotatable bonds is 10. The average Bonchev–Trinajstić information content (AvgIpc) is 3.61. The molecular formula is C29H32N6O3. The van der Waals surface area contributed by atoms with Crippen LogP contribution < -0.4 is 10.3 Å². The number of H-pyrrole nitrogens is 1. The average molecular weight is 513 g/mol. The van der Waals surface area contributed by atoms with E-state index in [-0.39, 0.29) is 11.6 Å². The van der Waals surface area contributed by atoms with Gasteiger partial charge in [0.25, 0.3) is 5.56 Å². The van der Waals surface area contributed by atoms with Crippen molar-refractivity contribution >= 4 is 10.9 Å². The molecule has 2 aromatic carbocycles. The molecule has 9 nitrogen and oxygen atoms in total. The van der Waals surface area contributed by atoms with E-state index in [0.717, 1.165) is 45.5 Å². The van der Waals surface area contributed by atoms with Gasteiger partial charge in [-0.05, 0) is 66.1 Å². The first-order chi connectivity index (χ1) is 18.5. The van der Waals surface area contributed by atoms with E-state index in [9.17, 15) is 4.79 Å². The van der Waals surface area contributed by atoms with Crippen molar-refractivity contribution in [3.05, 3.63) is 105 Å². The number of aromatic nitrogens is 5. The Labute approximate surface area is 221 Å². The monoisotopic (exact) mass is 512 g/mol. The smallest absolute Gasteiger partial charge is 0.252 e. The van der Waals surface area contributed by atoms with Crippen molar-refractivity contribution in [3.63, 3.8) is 0 Å². The van der Waals surface area contributed by atoms with Gasteiger partial charge in [0.1, 0.15) is 18.1 Å². The maximum Gasteiger partial charge on any atom is 0.252 e. The Morgan fingerprint density at radius 3 is 2.61 bits per heavy atom. The highest BCUT2D eigenvalue weighted by Gasteiger charge is 2.27.